The minimum atomic E-state index is -0.779. The summed E-state index contributed by atoms with van der Waals surface area (Å²) < 4.78 is 13.2. The zero-order valence-corrected chi connectivity index (χ0v) is 13.3. The summed E-state index contributed by atoms with van der Waals surface area (Å²) in [7, 11) is 0. The third-order valence-corrected chi connectivity index (χ3v) is 4.09. The van der Waals surface area contributed by atoms with E-state index in [1.807, 2.05) is 19.1 Å². The van der Waals surface area contributed by atoms with Gasteiger partial charge in [0, 0.05) is 5.69 Å². The molecule has 1 atom stereocenters. The van der Waals surface area contributed by atoms with Gasteiger partial charge in [0.15, 0.2) is 11.5 Å². The van der Waals surface area contributed by atoms with E-state index in [2.05, 4.69) is 0 Å². The third-order valence-electron chi connectivity index (χ3n) is 4.09. The van der Waals surface area contributed by atoms with Crippen LogP contribution in [0.25, 0.3) is 0 Å². The Morgan fingerprint density at radius 1 is 1.08 bits per heavy atom. The Bertz CT molecular complexity index is 838. The number of anilines is 1. The second kappa shape index (κ2) is 5.92. The summed E-state index contributed by atoms with van der Waals surface area (Å²) in [6.07, 6.45) is 0. The number of aliphatic hydroxyl groups is 1. The molecule has 1 N–H and O–H groups in total. The maximum atomic E-state index is 13.2. The molecule has 0 spiro atoms. The Labute approximate surface area is 138 Å². The molecule has 0 aromatic heterocycles. The number of hydrogen-bond donors (Lipinski definition) is 1. The molecular weight excluding hydrogens is 309 g/mol. The van der Waals surface area contributed by atoms with Crippen molar-refractivity contribution in [2.45, 2.75) is 19.9 Å². The van der Waals surface area contributed by atoms with Crippen molar-refractivity contribution in [1.29, 1.82) is 0 Å². The van der Waals surface area contributed by atoms with Crippen molar-refractivity contribution in [3.63, 3.8) is 0 Å². The van der Waals surface area contributed by atoms with E-state index in [-0.39, 0.29) is 5.57 Å². The van der Waals surface area contributed by atoms with Gasteiger partial charge in [-0.25, -0.2) is 4.39 Å². The molecule has 0 saturated heterocycles. The summed E-state index contributed by atoms with van der Waals surface area (Å²) in [6, 6.07) is 11.9. The van der Waals surface area contributed by atoms with Crippen LogP contribution >= 0.6 is 0 Å². The highest BCUT2D eigenvalue weighted by Gasteiger charge is 2.43. The number of halogens is 1. The van der Waals surface area contributed by atoms with Crippen LogP contribution in [0.1, 0.15) is 24.1 Å². The summed E-state index contributed by atoms with van der Waals surface area (Å²) in [6.45, 7) is 3.22. The number of nitrogens with zero attached hydrogens (tertiary/aromatic N) is 1. The minimum Gasteiger partial charge on any atom is -0.503 e. The van der Waals surface area contributed by atoms with E-state index < -0.39 is 29.3 Å². The Balaban J connectivity index is 2.16. The van der Waals surface area contributed by atoms with Crippen LogP contribution in [0.2, 0.25) is 0 Å². The maximum Gasteiger partial charge on any atom is 0.294 e. The lowest BCUT2D eigenvalue weighted by Gasteiger charge is -2.26. The number of carbonyl (C=O) groups is 2. The molecule has 5 heteroatoms. The molecule has 1 heterocycles. The summed E-state index contributed by atoms with van der Waals surface area (Å²) in [5.41, 5.74) is 2.15. The van der Waals surface area contributed by atoms with Gasteiger partial charge in [-0.05, 0) is 43.7 Å². The predicted octanol–water partition coefficient (Wildman–Crippen LogP) is 3.62. The van der Waals surface area contributed by atoms with Crippen molar-refractivity contribution in [3.05, 3.63) is 76.8 Å². The van der Waals surface area contributed by atoms with Gasteiger partial charge in [-0.1, -0.05) is 29.8 Å². The van der Waals surface area contributed by atoms with Crippen LogP contribution in [0.4, 0.5) is 10.1 Å². The molecule has 24 heavy (non-hydrogen) atoms. The fourth-order valence-corrected chi connectivity index (χ4v) is 2.90. The van der Waals surface area contributed by atoms with Crippen LogP contribution in [0, 0.1) is 12.7 Å². The Morgan fingerprint density at radius 3 is 2.21 bits per heavy atom. The van der Waals surface area contributed by atoms with Crippen LogP contribution in [-0.2, 0) is 9.59 Å². The van der Waals surface area contributed by atoms with E-state index in [9.17, 15) is 19.1 Å². The molecule has 0 aliphatic carbocycles. The highest BCUT2D eigenvalue weighted by molar-refractivity contribution is 6.16. The molecule has 1 aliphatic heterocycles. The molecule has 0 fully saturated rings. The smallest absolute Gasteiger partial charge is 0.294 e. The van der Waals surface area contributed by atoms with Gasteiger partial charge in [0.2, 0.25) is 0 Å². The molecule has 0 radical (unpaired) electrons. The molecule has 122 valence electrons. The standard InChI is InChI=1S/C19H16FNO3/c1-11-3-9-15(10-4-11)21-17(13-5-7-14(20)8-6-13)16(12(2)22)18(23)19(21)24/h3-10,17,23H,1-2H3/t17-/m0/s1. The summed E-state index contributed by atoms with van der Waals surface area (Å²) >= 11 is 0. The Hall–Kier alpha value is -2.95. The van der Waals surface area contributed by atoms with E-state index in [1.165, 1.54) is 36.1 Å². The van der Waals surface area contributed by atoms with Crippen LogP contribution in [0.15, 0.2) is 59.9 Å². The highest BCUT2D eigenvalue weighted by Crippen LogP contribution is 2.40. The number of rotatable bonds is 3. The lowest BCUT2D eigenvalue weighted by molar-refractivity contribution is -0.117. The summed E-state index contributed by atoms with van der Waals surface area (Å²) in [4.78, 5) is 25.9. The first kappa shape index (κ1) is 15.9. The zero-order valence-electron chi connectivity index (χ0n) is 13.3. The van der Waals surface area contributed by atoms with Gasteiger partial charge in [-0.2, -0.15) is 0 Å². The third kappa shape index (κ3) is 2.58. The SMILES string of the molecule is CC(=O)C1=C(O)C(=O)N(c2ccc(C)cc2)[C@H]1c1ccc(F)cc1. The average molecular weight is 325 g/mol. The monoisotopic (exact) mass is 325 g/mol. The van der Waals surface area contributed by atoms with Crippen LogP contribution in [0.3, 0.4) is 0 Å². The van der Waals surface area contributed by atoms with E-state index in [0.717, 1.165) is 5.56 Å². The van der Waals surface area contributed by atoms with Crippen LogP contribution in [0.5, 0.6) is 0 Å². The molecule has 2 aromatic rings. The van der Waals surface area contributed by atoms with Crippen LogP contribution < -0.4 is 4.90 Å². The molecular formula is C19H16FNO3. The van der Waals surface area contributed by atoms with E-state index in [0.29, 0.717) is 11.3 Å². The second-order valence-electron chi connectivity index (χ2n) is 5.78. The first-order valence-corrected chi connectivity index (χ1v) is 7.50. The molecule has 3 rings (SSSR count). The van der Waals surface area contributed by atoms with Gasteiger partial charge >= 0.3 is 0 Å². The van der Waals surface area contributed by atoms with Gasteiger partial charge in [0.05, 0.1) is 11.6 Å². The Kier molecular flexibility index (Phi) is 3.93. The first-order chi connectivity index (χ1) is 11.4. The largest absolute Gasteiger partial charge is 0.503 e. The van der Waals surface area contributed by atoms with Crippen molar-refractivity contribution in [1.82, 2.24) is 0 Å². The van der Waals surface area contributed by atoms with Crippen molar-refractivity contribution in [2.24, 2.45) is 0 Å². The Morgan fingerprint density at radius 2 is 1.67 bits per heavy atom. The molecule has 0 saturated carbocycles. The average Bonchev–Trinajstić information content (AvgIpc) is 2.81. The summed E-state index contributed by atoms with van der Waals surface area (Å²) in [5.74, 6) is -2.01. The second-order valence-corrected chi connectivity index (χ2v) is 5.78. The van der Waals surface area contributed by atoms with E-state index >= 15 is 0 Å². The van der Waals surface area contributed by atoms with Crippen molar-refractivity contribution in [3.8, 4) is 0 Å². The fraction of sp³-hybridized carbons (Fsp3) is 0.158. The van der Waals surface area contributed by atoms with E-state index in [1.54, 1.807) is 12.1 Å². The highest BCUT2D eigenvalue weighted by atomic mass is 19.1. The molecule has 0 bridgehead atoms. The van der Waals surface area contributed by atoms with Gasteiger partial charge in [-0.3, -0.25) is 14.5 Å². The predicted molar refractivity (Wildman–Crippen MR) is 88.1 cm³/mol. The number of aryl methyl sites for hydroxylation is 1. The minimum absolute atomic E-state index is 0.0205. The molecule has 1 amide bonds. The van der Waals surface area contributed by atoms with Crippen LogP contribution in [-0.4, -0.2) is 16.8 Å². The van der Waals surface area contributed by atoms with Crippen molar-refractivity contribution < 1.29 is 19.1 Å². The van der Waals surface area contributed by atoms with Crippen molar-refractivity contribution >= 4 is 17.4 Å². The van der Waals surface area contributed by atoms with Gasteiger partial charge in [0.1, 0.15) is 5.82 Å². The molecule has 2 aromatic carbocycles. The molecule has 1 aliphatic rings. The number of Topliss-reactive ketones (excluding diaryl/α,β-unsaturated/α-hetero) is 1. The first-order valence-electron chi connectivity index (χ1n) is 7.50. The topological polar surface area (TPSA) is 57.6 Å². The number of hydrogen-bond acceptors (Lipinski definition) is 3. The number of aliphatic hydroxyl groups excluding tert-OH is 1. The van der Waals surface area contributed by atoms with Crippen molar-refractivity contribution in [2.75, 3.05) is 4.90 Å². The lowest BCUT2D eigenvalue weighted by atomic mass is 9.96. The fourth-order valence-electron chi connectivity index (χ4n) is 2.90. The lowest BCUT2D eigenvalue weighted by Crippen LogP contribution is -2.30. The van der Waals surface area contributed by atoms with Gasteiger partial charge < -0.3 is 5.11 Å². The number of ketones is 1. The van der Waals surface area contributed by atoms with Gasteiger partial charge in [-0.15, -0.1) is 0 Å². The maximum absolute atomic E-state index is 13.2. The molecule has 4 nitrogen and oxygen atoms in total. The molecule has 0 unspecified atom stereocenters. The normalized spacial score (nSPS) is 17.5. The zero-order chi connectivity index (χ0) is 17.4. The number of amides is 1. The van der Waals surface area contributed by atoms with E-state index in [4.69, 9.17) is 0 Å². The number of carbonyl (C=O) groups excluding carboxylic acids is 2. The number of benzene rings is 2. The summed E-state index contributed by atoms with van der Waals surface area (Å²) in [5, 5.41) is 10.2. The quantitative estimate of drug-likeness (QED) is 0.937. The van der Waals surface area contributed by atoms with Gasteiger partial charge in [0.25, 0.3) is 5.91 Å².